The maximum atomic E-state index is 13.9. The minimum atomic E-state index is -0.600. The van der Waals surface area contributed by atoms with Gasteiger partial charge in [0.2, 0.25) is 0 Å². The number of nitrogens with two attached hydrogens (primary N) is 1. The van der Waals surface area contributed by atoms with Crippen molar-refractivity contribution in [1.29, 1.82) is 0 Å². The van der Waals surface area contributed by atoms with Crippen LogP contribution < -0.4 is 5.73 Å². The highest BCUT2D eigenvalue weighted by molar-refractivity contribution is 7.80. The fourth-order valence-corrected chi connectivity index (χ4v) is 2.61. The number of hydrogen-bond donors (Lipinski definition) is 1. The second kappa shape index (κ2) is 5.90. The van der Waals surface area contributed by atoms with Crippen LogP contribution in [0.15, 0.2) is 18.2 Å². The second-order valence-electron chi connectivity index (χ2n) is 4.81. The van der Waals surface area contributed by atoms with Crippen LogP contribution >= 0.6 is 12.2 Å². The Labute approximate surface area is 117 Å². The van der Waals surface area contributed by atoms with Gasteiger partial charge in [-0.3, -0.25) is 4.90 Å². The van der Waals surface area contributed by atoms with Crippen molar-refractivity contribution in [3.8, 4) is 0 Å². The van der Waals surface area contributed by atoms with E-state index in [0.717, 1.165) is 32.2 Å². The molecule has 0 radical (unpaired) electrons. The maximum absolute atomic E-state index is 13.9. The second-order valence-corrected chi connectivity index (χ2v) is 5.28. The summed E-state index contributed by atoms with van der Waals surface area (Å²) in [6.45, 7) is 3.27. The topological polar surface area (TPSA) is 32.5 Å². The molecule has 6 heteroatoms. The van der Waals surface area contributed by atoms with Gasteiger partial charge in [-0.15, -0.1) is 0 Å². The van der Waals surface area contributed by atoms with E-state index >= 15 is 0 Å². The molecule has 2 N–H and O–H groups in total. The Kier molecular flexibility index (Phi) is 4.44. The van der Waals surface area contributed by atoms with Crippen molar-refractivity contribution < 1.29 is 8.78 Å². The number of piperazine rings is 1. The molecule has 1 saturated heterocycles. The van der Waals surface area contributed by atoms with Crippen LogP contribution in [0.1, 0.15) is 11.6 Å². The lowest BCUT2D eigenvalue weighted by Crippen LogP contribution is -2.48. The Morgan fingerprint density at radius 2 is 1.89 bits per heavy atom. The number of likely N-dealkylation sites (N-methyl/N-ethyl adjacent to an activating group) is 1. The van der Waals surface area contributed by atoms with Gasteiger partial charge in [0.1, 0.15) is 11.6 Å². The molecule has 0 bridgehead atoms. The predicted octanol–water partition coefficient (Wildman–Crippen LogP) is 1.54. The Morgan fingerprint density at radius 3 is 2.42 bits per heavy atom. The first-order valence-corrected chi connectivity index (χ1v) is 6.56. The van der Waals surface area contributed by atoms with Gasteiger partial charge < -0.3 is 10.6 Å². The van der Waals surface area contributed by atoms with Crippen molar-refractivity contribution in [2.24, 2.45) is 5.73 Å². The molecule has 0 aromatic heterocycles. The van der Waals surface area contributed by atoms with E-state index < -0.39 is 17.7 Å². The Bertz CT molecular complexity index is 473. The number of nitrogens with zero attached hydrogens (tertiary/aromatic N) is 2. The third kappa shape index (κ3) is 3.26. The molecule has 1 unspecified atom stereocenters. The summed E-state index contributed by atoms with van der Waals surface area (Å²) in [4.78, 5) is 4.45. The van der Waals surface area contributed by atoms with Crippen molar-refractivity contribution in [2.45, 2.75) is 6.04 Å². The molecule has 104 valence electrons. The van der Waals surface area contributed by atoms with Crippen molar-refractivity contribution >= 4 is 17.2 Å². The van der Waals surface area contributed by atoms with E-state index in [-0.39, 0.29) is 4.99 Å². The summed E-state index contributed by atoms with van der Waals surface area (Å²) in [5, 5.41) is 0. The molecule has 1 aromatic carbocycles. The normalized spacial score (nSPS) is 19.3. The summed E-state index contributed by atoms with van der Waals surface area (Å²) in [7, 11) is 2.03. The van der Waals surface area contributed by atoms with Crippen molar-refractivity contribution in [1.82, 2.24) is 9.80 Å². The van der Waals surface area contributed by atoms with Gasteiger partial charge in [0, 0.05) is 37.8 Å². The molecule has 1 aromatic rings. The lowest BCUT2D eigenvalue weighted by atomic mass is 10.0. The third-order valence-electron chi connectivity index (χ3n) is 3.43. The molecule has 0 saturated carbocycles. The summed E-state index contributed by atoms with van der Waals surface area (Å²) in [6, 6.07) is 3.06. The maximum Gasteiger partial charge on any atom is 0.131 e. The van der Waals surface area contributed by atoms with Crippen LogP contribution in [-0.4, -0.2) is 48.0 Å². The van der Waals surface area contributed by atoms with E-state index in [4.69, 9.17) is 18.0 Å². The van der Waals surface area contributed by atoms with Crippen molar-refractivity contribution in [2.75, 3.05) is 33.2 Å². The van der Waals surface area contributed by atoms with Gasteiger partial charge in [0.15, 0.2) is 0 Å². The van der Waals surface area contributed by atoms with Gasteiger partial charge in [0.05, 0.1) is 11.0 Å². The molecule has 0 spiro atoms. The van der Waals surface area contributed by atoms with Crippen LogP contribution in [0, 0.1) is 11.6 Å². The van der Waals surface area contributed by atoms with Gasteiger partial charge in [-0.05, 0) is 13.1 Å². The van der Waals surface area contributed by atoms with E-state index in [1.165, 1.54) is 12.1 Å². The molecule has 1 atom stereocenters. The standard InChI is InChI=1S/C13H17F2N3S/c1-17-4-6-18(7-5-17)12(13(16)19)10-3-2-9(14)8-11(10)15/h2-3,8,12H,4-7H2,1H3,(H2,16,19). The quantitative estimate of drug-likeness (QED) is 0.854. The van der Waals surface area contributed by atoms with E-state index in [1.807, 2.05) is 11.9 Å². The van der Waals surface area contributed by atoms with Crippen LogP contribution in [-0.2, 0) is 0 Å². The van der Waals surface area contributed by atoms with Crippen LogP contribution in [0.2, 0.25) is 0 Å². The lowest BCUT2D eigenvalue weighted by molar-refractivity contribution is 0.136. The number of benzene rings is 1. The molecule has 3 nitrogen and oxygen atoms in total. The zero-order valence-corrected chi connectivity index (χ0v) is 11.6. The van der Waals surface area contributed by atoms with Crippen molar-refractivity contribution in [3.63, 3.8) is 0 Å². The molecular formula is C13H17F2N3S. The number of halogens is 2. The monoisotopic (exact) mass is 285 g/mol. The zero-order valence-electron chi connectivity index (χ0n) is 10.8. The van der Waals surface area contributed by atoms with Crippen LogP contribution in [0.4, 0.5) is 8.78 Å². The van der Waals surface area contributed by atoms with E-state index in [1.54, 1.807) is 0 Å². The first kappa shape index (κ1) is 14.3. The number of rotatable bonds is 3. The Hall–Kier alpha value is -1.11. The van der Waals surface area contributed by atoms with Crippen LogP contribution in [0.3, 0.4) is 0 Å². The van der Waals surface area contributed by atoms with Gasteiger partial charge in [-0.2, -0.15) is 0 Å². The van der Waals surface area contributed by atoms with E-state index in [0.29, 0.717) is 5.56 Å². The molecule has 0 amide bonds. The molecule has 1 heterocycles. The first-order valence-electron chi connectivity index (χ1n) is 6.16. The highest BCUT2D eigenvalue weighted by Gasteiger charge is 2.28. The first-order chi connectivity index (χ1) is 8.99. The SMILES string of the molecule is CN1CCN(C(C(N)=S)c2ccc(F)cc2F)CC1. The molecule has 19 heavy (non-hydrogen) atoms. The average Bonchev–Trinajstić information content (AvgIpc) is 2.34. The van der Waals surface area contributed by atoms with Crippen molar-refractivity contribution in [3.05, 3.63) is 35.4 Å². The Balaban J connectivity index is 2.27. The highest BCUT2D eigenvalue weighted by atomic mass is 32.1. The summed E-state index contributed by atoms with van der Waals surface area (Å²) in [6.07, 6.45) is 0. The minimum absolute atomic E-state index is 0.218. The lowest BCUT2D eigenvalue weighted by Gasteiger charge is -2.37. The fourth-order valence-electron chi connectivity index (χ4n) is 2.33. The average molecular weight is 285 g/mol. The molecular weight excluding hydrogens is 268 g/mol. The van der Waals surface area contributed by atoms with Crippen LogP contribution in [0.25, 0.3) is 0 Å². The summed E-state index contributed by atoms with van der Waals surface area (Å²) in [5.74, 6) is -1.20. The molecule has 2 rings (SSSR count). The smallest absolute Gasteiger partial charge is 0.131 e. The largest absolute Gasteiger partial charge is 0.392 e. The van der Waals surface area contributed by atoms with Gasteiger partial charge in [-0.1, -0.05) is 18.3 Å². The summed E-state index contributed by atoms with van der Waals surface area (Å²) >= 11 is 5.06. The third-order valence-corrected chi connectivity index (χ3v) is 3.65. The molecule has 1 aliphatic heterocycles. The summed E-state index contributed by atoms with van der Waals surface area (Å²) in [5.41, 5.74) is 6.10. The minimum Gasteiger partial charge on any atom is -0.392 e. The van der Waals surface area contributed by atoms with E-state index in [9.17, 15) is 8.78 Å². The molecule has 1 aliphatic rings. The molecule has 0 aliphatic carbocycles. The van der Waals surface area contributed by atoms with Crippen LogP contribution in [0.5, 0.6) is 0 Å². The predicted molar refractivity (Wildman–Crippen MR) is 75.0 cm³/mol. The van der Waals surface area contributed by atoms with Gasteiger partial charge in [-0.25, -0.2) is 8.78 Å². The number of thiocarbonyl (C=S) groups is 1. The Morgan fingerprint density at radius 1 is 1.26 bits per heavy atom. The number of hydrogen-bond acceptors (Lipinski definition) is 3. The zero-order chi connectivity index (χ0) is 14.0. The summed E-state index contributed by atoms with van der Waals surface area (Å²) < 4.78 is 26.9. The fraction of sp³-hybridized carbons (Fsp3) is 0.462. The molecule has 1 fully saturated rings. The van der Waals surface area contributed by atoms with Gasteiger partial charge in [0.25, 0.3) is 0 Å². The van der Waals surface area contributed by atoms with Gasteiger partial charge >= 0.3 is 0 Å². The highest BCUT2D eigenvalue weighted by Crippen LogP contribution is 2.25. The van der Waals surface area contributed by atoms with E-state index in [2.05, 4.69) is 4.90 Å².